The fourth-order valence-electron chi connectivity index (χ4n) is 4.86. The SMILES string of the molecule is O=C(NC1CCCCC1)C(Cc1ccccc1)N(Cc1ccccc1F)C(=O)Cc1c(F)cccc1Cl. The molecule has 3 aromatic rings. The summed E-state index contributed by atoms with van der Waals surface area (Å²) in [5.41, 5.74) is 1.19. The molecule has 1 aliphatic rings. The smallest absolute Gasteiger partial charge is 0.243 e. The fraction of sp³-hybridized carbons (Fsp3) is 0.333. The lowest BCUT2D eigenvalue weighted by atomic mass is 9.94. The molecular weight excluding hydrogens is 494 g/mol. The number of carbonyl (C=O) groups excluding carboxylic acids is 2. The minimum absolute atomic E-state index is 0.0333. The number of nitrogens with zero attached hydrogens (tertiary/aromatic N) is 1. The van der Waals surface area contributed by atoms with Gasteiger partial charge in [-0.3, -0.25) is 9.59 Å². The third-order valence-corrected chi connectivity index (χ3v) is 7.26. The predicted octanol–water partition coefficient (Wildman–Crippen LogP) is 6.25. The third kappa shape index (κ3) is 7.16. The number of carbonyl (C=O) groups is 2. The van der Waals surface area contributed by atoms with Gasteiger partial charge in [0, 0.05) is 35.2 Å². The van der Waals surface area contributed by atoms with Gasteiger partial charge in [0.15, 0.2) is 0 Å². The van der Waals surface area contributed by atoms with Crippen molar-refractivity contribution in [1.82, 2.24) is 10.2 Å². The number of rotatable bonds is 9. The zero-order valence-electron chi connectivity index (χ0n) is 20.6. The molecule has 1 unspecified atom stereocenters. The maximum Gasteiger partial charge on any atom is 0.243 e. The van der Waals surface area contributed by atoms with E-state index in [0.29, 0.717) is 0 Å². The number of hydrogen-bond acceptors (Lipinski definition) is 2. The van der Waals surface area contributed by atoms with Gasteiger partial charge in [0.2, 0.25) is 11.8 Å². The van der Waals surface area contributed by atoms with Crippen LogP contribution in [0.1, 0.15) is 48.8 Å². The van der Waals surface area contributed by atoms with Crippen molar-refractivity contribution in [2.24, 2.45) is 0 Å². The Morgan fingerprint density at radius 1 is 0.892 bits per heavy atom. The van der Waals surface area contributed by atoms with E-state index in [2.05, 4.69) is 5.32 Å². The minimum Gasteiger partial charge on any atom is -0.352 e. The monoisotopic (exact) mass is 524 g/mol. The van der Waals surface area contributed by atoms with E-state index >= 15 is 0 Å². The highest BCUT2D eigenvalue weighted by atomic mass is 35.5. The summed E-state index contributed by atoms with van der Waals surface area (Å²) in [6.45, 7) is -0.132. The van der Waals surface area contributed by atoms with Crippen LogP contribution in [0.5, 0.6) is 0 Å². The van der Waals surface area contributed by atoms with Crippen LogP contribution in [0.3, 0.4) is 0 Å². The van der Waals surface area contributed by atoms with Crippen molar-refractivity contribution in [3.8, 4) is 0 Å². The number of amides is 2. The van der Waals surface area contributed by atoms with E-state index in [0.717, 1.165) is 37.7 Å². The van der Waals surface area contributed by atoms with Crippen LogP contribution in [0.25, 0.3) is 0 Å². The number of hydrogen-bond donors (Lipinski definition) is 1. The Morgan fingerprint density at radius 3 is 2.27 bits per heavy atom. The first-order valence-electron chi connectivity index (χ1n) is 12.7. The molecule has 0 spiro atoms. The molecule has 0 radical (unpaired) electrons. The largest absolute Gasteiger partial charge is 0.352 e. The fourth-order valence-corrected chi connectivity index (χ4v) is 5.09. The van der Waals surface area contributed by atoms with Crippen LogP contribution in [0.4, 0.5) is 8.78 Å². The molecule has 194 valence electrons. The van der Waals surface area contributed by atoms with Gasteiger partial charge in [-0.25, -0.2) is 8.78 Å². The molecule has 0 saturated heterocycles. The van der Waals surface area contributed by atoms with E-state index in [4.69, 9.17) is 11.6 Å². The first-order valence-corrected chi connectivity index (χ1v) is 13.1. The summed E-state index contributed by atoms with van der Waals surface area (Å²) in [4.78, 5) is 28.9. The molecule has 3 aromatic carbocycles. The van der Waals surface area contributed by atoms with Crippen molar-refractivity contribution in [2.75, 3.05) is 0 Å². The Morgan fingerprint density at radius 2 is 1.57 bits per heavy atom. The molecular formula is C30H31ClF2N2O2. The second kappa shape index (κ2) is 12.8. The maximum absolute atomic E-state index is 14.7. The van der Waals surface area contributed by atoms with Crippen molar-refractivity contribution < 1.29 is 18.4 Å². The van der Waals surface area contributed by atoms with Crippen LogP contribution in [0, 0.1) is 11.6 Å². The second-order valence-electron chi connectivity index (χ2n) is 9.54. The van der Waals surface area contributed by atoms with Crippen molar-refractivity contribution >= 4 is 23.4 Å². The summed E-state index contributed by atoms with van der Waals surface area (Å²) in [7, 11) is 0. The molecule has 4 nitrogen and oxygen atoms in total. The minimum atomic E-state index is -0.915. The highest BCUT2D eigenvalue weighted by Crippen LogP contribution is 2.24. The molecule has 2 amide bonds. The first kappa shape index (κ1) is 26.8. The van der Waals surface area contributed by atoms with Crippen molar-refractivity contribution in [3.63, 3.8) is 0 Å². The summed E-state index contributed by atoms with van der Waals surface area (Å²) in [5.74, 6) is -1.87. The molecule has 1 aliphatic carbocycles. The molecule has 1 N–H and O–H groups in total. The summed E-state index contributed by atoms with van der Waals surface area (Å²) >= 11 is 6.21. The lowest BCUT2D eigenvalue weighted by Gasteiger charge is -2.33. The second-order valence-corrected chi connectivity index (χ2v) is 9.95. The van der Waals surface area contributed by atoms with Gasteiger partial charge in [-0.2, -0.15) is 0 Å². The molecule has 0 heterocycles. The molecule has 1 fully saturated rings. The van der Waals surface area contributed by atoms with Crippen LogP contribution < -0.4 is 5.32 Å². The van der Waals surface area contributed by atoms with Crippen LogP contribution in [0.15, 0.2) is 72.8 Å². The van der Waals surface area contributed by atoms with Gasteiger partial charge in [-0.15, -0.1) is 0 Å². The van der Waals surface area contributed by atoms with Gasteiger partial charge in [-0.1, -0.05) is 85.5 Å². The molecule has 7 heteroatoms. The Balaban J connectivity index is 1.69. The molecule has 1 atom stereocenters. The van der Waals surface area contributed by atoms with Gasteiger partial charge >= 0.3 is 0 Å². The van der Waals surface area contributed by atoms with E-state index in [1.165, 1.54) is 29.2 Å². The highest BCUT2D eigenvalue weighted by molar-refractivity contribution is 6.31. The van der Waals surface area contributed by atoms with Gasteiger partial charge < -0.3 is 10.2 Å². The lowest BCUT2D eigenvalue weighted by molar-refractivity contribution is -0.141. The zero-order valence-corrected chi connectivity index (χ0v) is 21.4. The van der Waals surface area contributed by atoms with E-state index < -0.39 is 23.6 Å². The van der Waals surface area contributed by atoms with E-state index in [-0.39, 0.29) is 47.5 Å². The molecule has 0 aromatic heterocycles. The highest BCUT2D eigenvalue weighted by Gasteiger charge is 2.33. The van der Waals surface area contributed by atoms with E-state index in [1.807, 2.05) is 30.3 Å². The van der Waals surface area contributed by atoms with E-state index in [1.54, 1.807) is 18.2 Å². The average Bonchev–Trinajstić information content (AvgIpc) is 2.90. The van der Waals surface area contributed by atoms with Crippen LogP contribution in [0.2, 0.25) is 5.02 Å². The lowest BCUT2D eigenvalue weighted by Crippen LogP contribution is -2.53. The molecule has 0 aliphatic heterocycles. The summed E-state index contributed by atoms with van der Waals surface area (Å²) < 4.78 is 29.3. The Hall–Kier alpha value is -3.25. The zero-order chi connectivity index (χ0) is 26.2. The number of halogens is 3. The van der Waals surface area contributed by atoms with Crippen molar-refractivity contribution in [2.45, 2.75) is 63.6 Å². The normalized spacial score (nSPS) is 14.7. The summed E-state index contributed by atoms with van der Waals surface area (Å²) in [6, 6.07) is 18.9. The predicted molar refractivity (Wildman–Crippen MR) is 141 cm³/mol. The molecule has 0 bridgehead atoms. The quantitative estimate of drug-likeness (QED) is 0.360. The Labute approximate surface area is 221 Å². The van der Waals surface area contributed by atoms with Crippen molar-refractivity contribution in [1.29, 1.82) is 0 Å². The van der Waals surface area contributed by atoms with Crippen molar-refractivity contribution in [3.05, 3.63) is 106 Å². The summed E-state index contributed by atoms with van der Waals surface area (Å²) in [5, 5.41) is 3.26. The van der Waals surface area contributed by atoms with Gasteiger partial charge in [0.05, 0.1) is 6.42 Å². The van der Waals surface area contributed by atoms with Gasteiger partial charge in [0.1, 0.15) is 17.7 Å². The topological polar surface area (TPSA) is 49.4 Å². The Kier molecular flexibility index (Phi) is 9.29. The summed E-state index contributed by atoms with van der Waals surface area (Å²) in [6.07, 6.45) is 4.88. The number of benzene rings is 3. The van der Waals surface area contributed by atoms with Gasteiger partial charge in [0.25, 0.3) is 0 Å². The van der Waals surface area contributed by atoms with E-state index in [9.17, 15) is 18.4 Å². The Bertz CT molecular complexity index is 1190. The van der Waals surface area contributed by atoms with Crippen LogP contribution in [-0.4, -0.2) is 28.8 Å². The molecule has 1 saturated carbocycles. The van der Waals surface area contributed by atoms with Gasteiger partial charge in [-0.05, 0) is 36.6 Å². The molecule has 37 heavy (non-hydrogen) atoms. The van der Waals surface area contributed by atoms with Crippen LogP contribution >= 0.6 is 11.6 Å². The standard InChI is InChI=1S/C30H31ClF2N2O2/c31-25-15-9-17-27(33)24(25)19-29(36)35(20-22-12-7-8-16-26(22)32)28(18-21-10-3-1-4-11-21)30(37)34-23-13-5-2-6-14-23/h1,3-4,7-12,15-17,23,28H,2,5-6,13-14,18-20H2,(H,34,37). The third-order valence-electron chi connectivity index (χ3n) is 6.91. The van der Waals surface area contributed by atoms with Crippen LogP contribution in [-0.2, 0) is 29.0 Å². The number of nitrogens with one attached hydrogen (secondary N) is 1. The first-order chi connectivity index (χ1) is 17.9. The maximum atomic E-state index is 14.7. The average molecular weight is 525 g/mol. The molecule has 4 rings (SSSR count).